The minimum atomic E-state index is -0.917. The predicted octanol–water partition coefficient (Wildman–Crippen LogP) is 0.774. The molecule has 102 valence electrons. The number of β-lactam (4-membered cyclic amide) rings is 1. The molecule has 1 heterocycles. The SMILES string of the molecule is CO[C@@H]1C(=O)N[C@@]1(C)NC(=O)OCc1ccccc1. The Balaban J connectivity index is 1.83. The maximum absolute atomic E-state index is 11.7. The molecule has 1 aliphatic heterocycles. The van der Waals surface area contributed by atoms with Gasteiger partial charge in [0.2, 0.25) is 0 Å². The average Bonchev–Trinajstić information content (AvgIpc) is 2.37. The molecule has 1 aliphatic rings. The lowest BCUT2D eigenvalue weighted by Crippen LogP contribution is -2.79. The third kappa shape index (κ3) is 2.85. The number of carbonyl (C=O) groups excluding carboxylic acids is 2. The van der Waals surface area contributed by atoms with Crippen LogP contribution in [0.2, 0.25) is 0 Å². The highest BCUT2D eigenvalue weighted by Crippen LogP contribution is 2.20. The molecule has 1 aromatic carbocycles. The van der Waals surface area contributed by atoms with Gasteiger partial charge in [-0.2, -0.15) is 0 Å². The highest BCUT2D eigenvalue weighted by atomic mass is 16.6. The molecule has 0 bridgehead atoms. The largest absolute Gasteiger partial charge is 0.445 e. The van der Waals surface area contributed by atoms with Gasteiger partial charge in [0.25, 0.3) is 5.91 Å². The summed E-state index contributed by atoms with van der Waals surface area (Å²) in [5.74, 6) is -0.256. The molecule has 1 fully saturated rings. The summed E-state index contributed by atoms with van der Waals surface area (Å²) in [7, 11) is 1.42. The molecular formula is C13H16N2O4. The van der Waals surface area contributed by atoms with E-state index in [1.165, 1.54) is 7.11 Å². The van der Waals surface area contributed by atoms with E-state index >= 15 is 0 Å². The van der Waals surface area contributed by atoms with Crippen molar-refractivity contribution in [3.63, 3.8) is 0 Å². The Kier molecular flexibility index (Phi) is 3.71. The summed E-state index contributed by atoms with van der Waals surface area (Å²) in [6.45, 7) is 1.83. The smallest absolute Gasteiger partial charge is 0.409 e. The van der Waals surface area contributed by atoms with Crippen molar-refractivity contribution in [2.45, 2.75) is 25.3 Å². The van der Waals surface area contributed by atoms with Gasteiger partial charge in [-0.25, -0.2) is 4.79 Å². The maximum atomic E-state index is 11.7. The Bertz CT molecular complexity index is 477. The molecule has 0 aliphatic carbocycles. The van der Waals surface area contributed by atoms with Crippen molar-refractivity contribution >= 4 is 12.0 Å². The summed E-state index contributed by atoms with van der Waals surface area (Å²) < 4.78 is 10.1. The minimum absolute atomic E-state index is 0.175. The fourth-order valence-corrected chi connectivity index (χ4v) is 1.98. The summed E-state index contributed by atoms with van der Waals surface area (Å²) in [5, 5.41) is 5.15. The van der Waals surface area contributed by atoms with E-state index in [1.807, 2.05) is 30.3 Å². The zero-order valence-corrected chi connectivity index (χ0v) is 10.8. The van der Waals surface area contributed by atoms with Gasteiger partial charge in [0.1, 0.15) is 12.3 Å². The number of amides is 2. The third-order valence-corrected chi connectivity index (χ3v) is 2.96. The number of ether oxygens (including phenoxy) is 2. The average molecular weight is 264 g/mol. The van der Waals surface area contributed by atoms with Gasteiger partial charge in [0.15, 0.2) is 6.10 Å². The molecule has 19 heavy (non-hydrogen) atoms. The predicted molar refractivity (Wildman–Crippen MR) is 67.1 cm³/mol. The summed E-state index contributed by atoms with van der Waals surface area (Å²) in [6, 6.07) is 9.34. The van der Waals surface area contributed by atoms with Gasteiger partial charge in [0.05, 0.1) is 0 Å². The lowest BCUT2D eigenvalue weighted by molar-refractivity contribution is -0.156. The van der Waals surface area contributed by atoms with Gasteiger partial charge >= 0.3 is 6.09 Å². The van der Waals surface area contributed by atoms with E-state index < -0.39 is 17.9 Å². The zero-order chi connectivity index (χ0) is 13.9. The molecule has 6 nitrogen and oxygen atoms in total. The number of carbonyl (C=O) groups is 2. The number of hydrogen-bond acceptors (Lipinski definition) is 4. The standard InChI is InChI=1S/C13H16N2O4/c1-13(10(18-2)11(16)14-13)15-12(17)19-8-9-6-4-3-5-7-9/h3-7,10H,8H2,1-2H3,(H,14,16)(H,15,17)/t10-,13+/m1/s1. The van der Waals surface area contributed by atoms with Crippen LogP contribution in [-0.4, -0.2) is 30.9 Å². The van der Waals surface area contributed by atoms with E-state index in [9.17, 15) is 9.59 Å². The second kappa shape index (κ2) is 5.27. The van der Waals surface area contributed by atoms with Crippen LogP contribution in [0.5, 0.6) is 0 Å². The lowest BCUT2D eigenvalue weighted by Gasteiger charge is -2.45. The van der Waals surface area contributed by atoms with Crippen molar-refractivity contribution in [3.8, 4) is 0 Å². The topological polar surface area (TPSA) is 76.7 Å². The lowest BCUT2D eigenvalue weighted by atomic mass is 9.95. The van der Waals surface area contributed by atoms with Crippen LogP contribution in [0.1, 0.15) is 12.5 Å². The molecule has 2 atom stereocenters. The number of benzene rings is 1. The minimum Gasteiger partial charge on any atom is -0.445 e. The Morgan fingerprint density at radius 1 is 1.42 bits per heavy atom. The Morgan fingerprint density at radius 2 is 2.11 bits per heavy atom. The molecule has 0 unspecified atom stereocenters. The normalized spacial score (nSPS) is 25.2. The van der Waals surface area contributed by atoms with E-state index in [1.54, 1.807) is 6.92 Å². The van der Waals surface area contributed by atoms with E-state index in [2.05, 4.69) is 10.6 Å². The van der Waals surface area contributed by atoms with Crippen LogP contribution in [0.3, 0.4) is 0 Å². The van der Waals surface area contributed by atoms with Crippen LogP contribution in [0.25, 0.3) is 0 Å². The summed E-state index contributed by atoms with van der Waals surface area (Å²) in [5.41, 5.74) is -0.0247. The van der Waals surface area contributed by atoms with E-state index in [-0.39, 0.29) is 12.5 Å². The van der Waals surface area contributed by atoms with Crippen molar-refractivity contribution in [2.75, 3.05) is 7.11 Å². The van der Waals surface area contributed by atoms with Crippen LogP contribution in [0.15, 0.2) is 30.3 Å². The van der Waals surface area contributed by atoms with Gasteiger partial charge in [-0.05, 0) is 12.5 Å². The van der Waals surface area contributed by atoms with Crippen LogP contribution in [0.4, 0.5) is 4.79 Å². The molecule has 2 rings (SSSR count). The molecule has 0 spiro atoms. The molecule has 0 radical (unpaired) electrons. The molecular weight excluding hydrogens is 248 g/mol. The Labute approximate surface area is 111 Å². The Hall–Kier alpha value is -2.08. The monoisotopic (exact) mass is 264 g/mol. The van der Waals surface area contributed by atoms with E-state index in [0.29, 0.717) is 0 Å². The Morgan fingerprint density at radius 3 is 2.68 bits per heavy atom. The first-order valence-corrected chi connectivity index (χ1v) is 5.89. The van der Waals surface area contributed by atoms with Crippen LogP contribution in [-0.2, 0) is 20.9 Å². The fraction of sp³-hybridized carbons (Fsp3) is 0.385. The second-order valence-electron chi connectivity index (χ2n) is 4.49. The van der Waals surface area contributed by atoms with Gasteiger partial charge in [-0.3, -0.25) is 10.1 Å². The van der Waals surface area contributed by atoms with Crippen molar-refractivity contribution in [1.82, 2.24) is 10.6 Å². The van der Waals surface area contributed by atoms with Gasteiger partial charge in [-0.15, -0.1) is 0 Å². The highest BCUT2D eigenvalue weighted by Gasteiger charge is 2.52. The van der Waals surface area contributed by atoms with Crippen molar-refractivity contribution in [1.29, 1.82) is 0 Å². The number of methoxy groups -OCH3 is 1. The van der Waals surface area contributed by atoms with Gasteiger partial charge in [0, 0.05) is 7.11 Å². The van der Waals surface area contributed by atoms with Crippen LogP contribution >= 0.6 is 0 Å². The quantitative estimate of drug-likeness (QED) is 0.788. The number of hydrogen-bond donors (Lipinski definition) is 2. The van der Waals surface area contributed by atoms with E-state index in [4.69, 9.17) is 9.47 Å². The van der Waals surface area contributed by atoms with Crippen molar-refractivity contribution < 1.29 is 19.1 Å². The maximum Gasteiger partial charge on any atom is 0.409 e. The van der Waals surface area contributed by atoms with Gasteiger partial charge in [-0.1, -0.05) is 30.3 Å². The molecule has 2 amide bonds. The van der Waals surface area contributed by atoms with Crippen molar-refractivity contribution in [2.24, 2.45) is 0 Å². The summed E-state index contributed by atoms with van der Waals surface area (Å²) in [6.07, 6.45) is -1.30. The first-order chi connectivity index (χ1) is 9.05. The summed E-state index contributed by atoms with van der Waals surface area (Å²) in [4.78, 5) is 22.9. The van der Waals surface area contributed by atoms with Crippen LogP contribution < -0.4 is 10.6 Å². The number of alkyl carbamates (subject to hydrolysis) is 1. The highest BCUT2D eigenvalue weighted by molar-refractivity contribution is 5.91. The van der Waals surface area contributed by atoms with E-state index in [0.717, 1.165) is 5.56 Å². The first kappa shape index (κ1) is 13.4. The second-order valence-corrected chi connectivity index (χ2v) is 4.49. The molecule has 1 saturated heterocycles. The molecule has 2 N–H and O–H groups in total. The number of nitrogens with one attached hydrogen (secondary N) is 2. The van der Waals surface area contributed by atoms with Gasteiger partial charge < -0.3 is 14.8 Å². The molecule has 1 aromatic rings. The third-order valence-electron chi connectivity index (χ3n) is 2.96. The molecule has 0 aromatic heterocycles. The zero-order valence-electron chi connectivity index (χ0n) is 10.8. The molecule has 0 saturated carbocycles. The summed E-state index contributed by atoms with van der Waals surface area (Å²) >= 11 is 0. The fourth-order valence-electron chi connectivity index (χ4n) is 1.98. The number of rotatable bonds is 4. The first-order valence-electron chi connectivity index (χ1n) is 5.89. The van der Waals surface area contributed by atoms with Crippen molar-refractivity contribution in [3.05, 3.63) is 35.9 Å². The van der Waals surface area contributed by atoms with Crippen LogP contribution in [0, 0.1) is 0 Å². The molecule has 6 heteroatoms.